The smallest absolute Gasteiger partial charge is 0.264 e. The van der Waals surface area contributed by atoms with E-state index in [4.69, 9.17) is 4.28 Å². The Hall–Kier alpha value is -1.66. The molecule has 120 valence electrons. The zero-order valence-corrected chi connectivity index (χ0v) is 15.0. The third-order valence-electron chi connectivity index (χ3n) is 3.79. The zero-order valence-electron chi connectivity index (χ0n) is 12.6. The minimum Gasteiger partial charge on any atom is -0.264 e. The van der Waals surface area contributed by atoms with E-state index in [0.29, 0.717) is 12.1 Å². The van der Waals surface area contributed by atoms with Gasteiger partial charge in [0, 0.05) is 10.0 Å². The van der Waals surface area contributed by atoms with Crippen molar-refractivity contribution in [3.63, 3.8) is 0 Å². The first kappa shape index (κ1) is 16.2. The molecule has 0 aliphatic heterocycles. The second-order valence-electron chi connectivity index (χ2n) is 5.53. The lowest BCUT2D eigenvalue weighted by molar-refractivity contribution is 0.337. The molecule has 0 N–H and O–H groups in total. The lowest BCUT2D eigenvalue weighted by atomic mass is 9.90. The Labute approximate surface area is 144 Å². The third-order valence-corrected chi connectivity index (χ3v) is 5.41. The van der Waals surface area contributed by atoms with Gasteiger partial charge in [-0.25, -0.2) is 0 Å². The topological polar surface area (TPSA) is 55.7 Å². The number of rotatable bonds is 3. The molecule has 0 spiro atoms. The maximum atomic E-state index is 12.2. The fourth-order valence-corrected chi connectivity index (χ4v) is 3.72. The molecule has 1 aliphatic carbocycles. The summed E-state index contributed by atoms with van der Waals surface area (Å²) in [7, 11) is -3.88. The first-order chi connectivity index (χ1) is 11.0. The molecule has 3 rings (SSSR count). The summed E-state index contributed by atoms with van der Waals surface area (Å²) in [5.74, 6) is 0. The number of fused-ring (bicyclic) bond motifs is 1. The number of nitrogens with zero attached hydrogens (tertiary/aromatic N) is 1. The van der Waals surface area contributed by atoms with Crippen molar-refractivity contribution in [2.24, 2.45) is 5.16 Å². The van der Waals surface area contributed by atoms with Crippen LogP contribution in [0, 0.1) is 6.92 Å². The van der Waals surface area contributed by atoms with Crippen LogP contribution in [0.5, 0.6) is 0 Å². The maximum absolute atomic E-state index is 12.2. The van der Waals surface area contributed by atoms with E-state index in [1.54, 1.807) is 12.1 Å². The molecule has 2 aromatic rings. The monoisotopic (exact) mass is 393 g/mol. The molecular weight excluding hydrogens is 378 g/mol. The highest BCUT2D eigenvalue weighted by Gasteiger charge is 2.19. The predicted molar refractivity (Wildman–Crippen MR) is 93.1 cm³/mol. The molecule has 0 unspecified atom stereocenters. The van der Waals surface area contributed by atoms with Gasteiger partial charge in [-0.1, -0.05) is 44.8 Å². The van der Waals surface area contributed by atoms with Crippen LogP contribution in [0.2, 0.25) is 0 Å². The highest BCUT2D eigenvalue weighted by molar-refractivity contribution is 9.10. The summed E-state index contributed by atoms with van der Waals surface area (Å²) < 4.78 is 30.4. The fourth-order valence-electron chi connectivity index (χ4n) is 2.57. The molecule has 0 bridgehead atoms. The molecule has 0 fully saturated rings. The average molecular weight is 394 g/mol. The first-order valence-corrected chi connectivity index (χ1v) is 9.52. The van der Waals surface area contributed by atoms with Gasteiger partial charge in [-0.2, -0.15) is 8.42 Å². The highest BCUT2D eigenvalue weighted by Crippen LogP contribution is 2.26. The molecule has 0 radical (unpaired) electrons. The van der Waals surface area contributed by atoms with Gasteiger partial charge in [-0.15, -0.1) is 0 Å². The van der Waals surface area contributed by atoms with Crippen molar-refractivity contribution >= 4 is 31.8 Å². The molecule has 4 nitrogen and oxygen atoms in total. The average Bonchev–Trinajstić information content (AvgIpc) is 2.53. The minimum absolute atomic E-state index is 0.110. The van der Waals surface area contributed by atoms with Crippen molar-refractivity contribution in [3.05, 3.63) is 63.6 Å². The van der Waals surface area contributed by atoms with E-state index in [-0.39, 0.29) is 4.90 Å². The quantitative estimate of drug-likeness (QED) is 0.734. The molecule has 0 atom stereocenters. The Morgan fingerprint density at radius 1 is 1.09 bits per heavy atom. The largest absolute Gasteiger partial charge is 0.358 e. The summed E-state index contributed by atoms with van der Waals surface area (Å²) in [4.78, 5) is 0.110. The maximum Gasteiger partial charge on any atom is 0.358 e. The van der Waals surface area contributed by atoms with E-state index in [0.717, 1.165) is 34.0 Å². The third kappa shape index (κ3) is 3.64. The number of halogens is 1. The van der Waals surface area contributed by atoms with E-state index in [1.807, 2.05) is 25.1 Å². The zero-order chi connectivity index (χ0) is 16.4. The number of benzene rings is 2. The van der Waals surface area contributed by atoms with Crippen LogP contribution in [0.3, 0.4) is 0 Å². The summed E-state index contributed by atoms with van der Waals surface area (Å²) >= 11 is 3.45. The molecule has 2 aromatic carbocycles. The fraction of sp³-hybridized carbons (Fsp3) is 0.235. The second-order valence-corrected chi connectivity index (χ2v) is 7.98. The molecule has 0 amide bonds. The van der Waals surface area contributed by atoms with Gasteiger partial charge in [0.1, 0.15) is 4.90 Å². The van der Waals surface area contributed by atoms with Crippen molar-refractivity contribution in [2.75, 3.05) is 0 Å². The Balaban J connectivity index is 1.88. The van der Waals surface area contributed by atoms with Crippen molar-refractivity contribution in [1.82, 2.24) is 0 Å². The first-order valence-electron chi connectivity index (χ1n) is 7.32. The van der Waals surface area contributed by atoms with Gasteiger partial charge >= 0.3 is 10.1 Å². The number of oxime groups is 1. The number of aryl methyl sites for hydroxylation is 2. The lowest BCUT2D eigenvalue weighted by Gasteiger charge is -2.17. The Bertz CT molecular complexity index is 858. The van der Waals surface area contributed by atoms with Crippen molar-refractivity contribution in [3.8, 4) is 0 Å². The normalized spacial score (nSPS) is 16.2. The van der Waals surface area contributed by atoms with Crippen LogP contribution in [0.1, 0.15) is 29.5 Å². The van der Waals surface area contributed by atoms with Crippen molar-refractivity contribution < 1.29 is 12.7 Å². The Morgan fingerprint density at radius 2 is 1.83 bits per heavy atom. The number of hydrogen-bond acceptors (Lipinski definition) is 4. The minimum atomic E-state index is -3.88. The Kier molecular flexibility index (Phi) is 4.55. The SMILES string of the molecule is Cc1ccc(S(=O)(=O)O/N=C2\CCCc3cc(Br)ccc32)cc1. The predicted octanol–water partition coefficient (Wildman–Crippen LogP) is 4.20. The summed E-state index contributed by atoms with van der Waals surface area (Å²) in [5, 5.41) is 3.94. The van der Waals surface area contributed by atoms with Gasteiger partial charge in [-0.05, 0) is 56.0 Å². The van der Waals surface area contributed by atoms with Gasteiger partial charge in [0.15, 0.2) is 0 Å². The van der Waals surface area contributed by atoms with E-state index < -0.39 is 10.1 Å². The van der Waals surface area contributed by atoms with Crippen LogP contribution in [0.4, 0.5) is 0 Å². The molecule has 23 heavy (non-hydrogen) atoms. The van der Waals surface area contributed by atoms with Crippen LogP contribution in [-0.2, 0) is 20.8 Å². The molecule has 6 heteroatoms. The highest BCUT2D eigenvalue weighted by atomic mass is 79.9. The van der Waals surface area contributed by atoms with Crippen LogP contribution in [-0.4, -0.2) is 14.1 Å². The summed E-state index contributed by atoms with van der Waals surface area (Å²) in [6, 6.07) is 12.4. The van der Waals surface area contributed by atoms with E-state index in [2.05, 4.69) is 21.1 Å². The Morgan fingerprint density at radius 3 is 2.57 bits per heavy atom. The van der Waals surface area contributed by atoms with Crippen molar-refractivity contribution in [2.45, 2.75) is 31.1 Å². The number of hydrogen-bond donors (Lipinski definition) is 0. The van der Waals surface area contributed by atoms with E-state index in [1.165, 1.54) is 12.1 Å². The van der Waals surface area contributed by atoms with Gasteiger partial charge in [-0.3, -0.25) is 4.28 Å². The summed E-state index contributed by atoms with van der Waals surface area (Å²) in [6.07, 6.45) is 2.59. The second kappa shape index (κ2) is 6.45. The molecular formula is C17H16BrNO3S. The van der Waals surface area contributed by atoms with Crippen LogP contribution >= 0.6 is 15.9 Å². The van der Waals surface area contributed by atoms with Crippen LogP contribution in [0.25, 0.3) is 0 Å². The van der Waals surface area contributed by atoms with Gasteiger partial charge < -0.3 is 0 Å². The van der Waals surface area contributed by atoms with Gasteiger partial charge in [0.2, 0.25) is 0 Å². The van der Waals surface area contributed by atoms with Crippen molar-refractivity contribution in [1.29, 1.82) is 0 Å². The summed E-state index contributed by atoms with van der Waals surface area (Å²) in [6.45, 7) is 1.90. The summed E-state index contributed by atoms with van der Waals surface area (Å²) in [5.41, 5.74) is 3.77. The van der Waals surface area contributed by atoms with Gasteiger partial charge in [0.25, 0.3) is 0 Å². The van der Waals surface area contributed by atoms with Crippen LogP contribution < -0.4 is 0 Å². The van der Waals surface area contributed by atoms with Crippen LogP contribution in [0.15, 0.2) is 57.0 Å². The van der Waals surface area contributed by atoms with E-state index >= 15 is 0 Å². The van der Waals surface area contributed by atoms with Gasteiger partial charge in [0.05, 0.1) is 5.71 Å². The molecule has 1 aliphatic rings. The standard InChI is InChI=1S/C17H16BrNO3S/c1-12-5-8-15(9-6-12)23(20,21)22-19-17-4-2-3-13-11-14(18)7-10-16(13)17/h5-11H,2-4H2,1H3/b19-17+. The molecule has 0 saturated carbocycles. The van der Waals surface area contributed by atoms with E-state index in [9.17, 15) is 8.42 Å². The molecule has 0 aromatic heterocycles. The lowest BCUT2D eigenvalue weighted by Crippen LogP contribution is -2.13. The molecule has 0 saturated heterocycles. The molecule has 0 heterocycles.